The van der Waals surface area contributed by atoms with Crippen LogP contribution >= 0.6 is 0 Å². The van der Waals surface area contributed by atoms with Crippen molar-refractivity contribution in [3.05, 3.63) is 119 Å². The van der Waals surface area contributed by atoms with Crippen molar-refractivity contribution < 1.29 is 35.5 Å². The van der Waals surface area contributed by atoms with Crippen molar-refractivity contribution in [1.82, 2.24) is 5.32 Å². The molecule has 5 aromatic rings. The van der Waals surface area contributed by atoms with Crippen molar-refractivity contribution in [2.45, 2.75) is 50.0 Å². The summed E-state index contributed by atoms with van der Waals surface area (Å²) in [5, 5.41) is 2.67. The van der Waals surface area contributed by atoms with Crippen LogP contribution in [0.15, 0.2) is 116 Å². The largest absolute Gasteiger partial charge is 0.492 e. The first-order valence-electron chi connectivity index (χ1n) is 15.3. The highest BCUT2D eigenvalue weighted by atomic mass is 32.3. The highest BCUT2D eigenvalue weighted by Crippen LogP contribution is 2.41. The lowest BCUT2D eigenvalue weighted by atomic mass is 10.0. The molecule has 0 saturated heterocycles. The number of aryl methyl sites for hydroxylation is 2. The quantitative estimate of drug-likeness (QED) is 0.126. The van der Waals surface area contributed by atoms with Gasteiger partial charge in [0.25, 0.3) is 20.0 Å². The van der Waals surface area contributed by atoms with Crippen LogP contribution in [0.3, 0.4) is 0 Å². The molecule has 5 rings (SSSR count). The van der Waals surface area contributed by atoms with Crippen LogP contribution in [0, 0.1) is 13.8 Å². The Bertz CT molecular complexity index is 2180. The zero-order valence-electron chi connectivity index (χ0n) is 27.6. The van der Waals surface area contributed by atoms with Gasteiger partial charge < -0.3 is 19.2 Å². The number of alkyl carbamates (subject to hydrolysis) is 1. The Labute approximate surface area is 285 Å². The maximum absolute atomic E-state index is 14.6. The molecule has 0 unspecified atom stereocenters. The second kappa shape index (κ2) is 13.8. The molecule has 0 aliphatic heterocycles. The van der Waals surface area contributed by atoms with E-state index >= 15 is 0 Å². The molecular formula is C36H36N2O9S2. The summed E-state index contributed by atoms with van der Waals surface area (Å²) in [5.74, 6) is 0.373. The lowest BCUT2D eigenvalue weighted by Gasteiger charge is -2.27. The second-order valence-electron chi connectivity index (χ2n) is 12.2. The molecule has 49 heavy (non-hydrogen) atoms. The molecule has 0 spiro atoms. The van der Waals surface area contributed by atoms with E-state index in [-0.39, 0.29) is 50.7 Å². The monoisotopic (exact) mass is 704 g/mol. The number of para-hydroxylation sites is 1. The van der Waals surface area contributed by atoms with Crippen molar-refractivity contribution in [2.24, 2.45) is 0 Å². The minimum absolute atomic E-state index is 0.00750. The van der Waals surface area contributed by atoms with E-state index in [4.69, 9.17) is 13.9 Å². The van der Waals surface area contributed by atoms with Crippen LogP contribution < -0.4 is 19.4 Å². The number of carbonyl (C=O) groups excluding carboxylic acids is 1. The standard InChI is InChI=1S/C36H36N2O9S2/c1-24-10-18-28(19-11-24)48(41,42)38(49(43,44)29-20-12-25(2)13-21-29)33-30-8-6-7-9-31(30)46-34(39)32(33)26-14-16-27(17-15-26)45-23-22-37-35(40)47-36(3,4)5/h6-21H,22-23H2,1-5H3,(H,37,40). The SMILES string of the molecule is Cc1ccc(S(=O)(=O)N(c2c(-c3ccc(OCCNC(=O)OC(C)(C)C)cc3)c(=O)oc3ccccc23)S(=O)(=O)c2ccc(C)cc2)cc1. The fraction of sp³-hybridized carbons (Fsp3) is 0.222. The maximum atomic E-state index is 14.6. The average Bonchev–Trinajstić information content (AvgIpc) is 3.03. The van der Waals surface area contributed by atoms with Gasteiger partial charge in [0.2, 0.25) is 0 Å². The van der Waals surface area contributed by atoms with E-state index in [9.17, 15) is 26.4 Å². The van der Waals surface area contributed by atoms with Crippen molar-refractivity contribution in [3.8, 4) is 16.9 Å². The van der Waals surface area contributed by atoms with Gasteiger partial charge in [-0.05, 0) is 88.7 Å². The molecule has 0 radical (unpaired) electrons. The molecule has 4 aromatic carbocycles. The van der Waals surface area contributed by atoms with E-state index in [1.54, 1.807) is 71.0 Å². The van der Waals surface area contributed by atoms with Crippen LogP contribution in [0.4, 0.5) is 10.5 Å². The van der Waals surface area contributed by atoms with Gasteiger partial charge in [-0.3, -0.25) is 0 Å². The number of nitrogens with zero attached hydrogens (tertiary/aromatic N) is 1. The molecule has 1 N–H and O–H groups in total. The summed E-state index contributed by atoms with van der Waals surface area (Å²) in [6.07, 6.45) is -0.590. The third-order valence-corrected chi connectivity index (χ3v) is 11.4. The number of hydrogen-bond donors (Lipinski definition) is 1. The van der Waals surface area contributed by atoms with E-state index in [1.165, 1.54) is 60.7 Å². The summed E-state index contributed by atoms with van der Waals surface area (Å²) in [4.78, 5) is 25.1. The molecule has 256 valence electrons. The summed E-state index contributed by atoms with van der Waals surface area (Å²) in [7, 11) is -9.74. The van der Waals surface area contributed by atoms with Gasteiger partial charge in [-0.1, -0.05) is 59.7 Å². The molecule has 0 saturated carbocycles. The molecule has 1 amide bonds. The number of carbonyl (C=O) groups is 1. The number of sulfonamides is 2. The number of hydrogen-bond acceptors (Lipinski definition) is 9. The Hall–Kier alpha value is -5.14. The molecule has 0 fully saturated rings. The molecule has 1 heterocycles. The van der Waals surface area contributed by atoms with Gasteiger partial charge in [0, 0.05) is 5.39 Å². The average molecular weight is 705 g/mol. The predicted octanol–water partition coefficient (Wildman–Crippen LogP) is 6.56. The third-order valence-electron chi connectivity index (χ3n) is 7.22. The van der Waals surface area contributed by atoms with E-state index in [0.29, 0.717) is 9.46 Å². The normalized spacial score (nSPS) is 12.0. The minimum atomic E-state index is -4.87. The van der Waals surface area contributed by atoms with Gasteiger partial charge in [0.05, 0.1) is 27.6 Å². The molecule has 0 bridgehead atoms. The molecule has 0 aliphatic rings. The van der Waals surface area contributed by atoms with Crippen LogP contribution in [0.25, 0.3) is 22.1 Å². The van der Waals surface area contributed by atoms with Crippen LogP contribution in [-0.2, 0) is 24.8 Å². The summed E-state index contributed by atoms with van der Waals surface area (Å²) >= 11 is 0. The van der Waals surface area contributed by atoms with Gasteiger partial charge in [-0.2, -0.15) is 3.71 Å². The van der Waals surface area contributed by atoms with Crippen molar-refractivity contribution in [3.63, 3.8) is 0 Å². The Balaban J connectivity index is 1.64. The molecule has 0 aliphatic carbocycles. The van der Waals surface area contributed by atoms with Crippen LogP contribution in [0.1, 0.15) is 31.9 Å². The van der Waals surface area contributed by atoms with Crippen LogP contribution in [-0.4, -0.2) is 41.7 Å². The van der Waals surface area contributed by atoms with Gasteiger partial charge in [-0.15, -0.1) is 0 Å². The molecule has 0 atom stereocenters. The number of ether oxygens (including phenoxy) is 2. The smallest absolute Gasteiger partial charge is 0.407 e. The Kier molecular flexibility index (Phi) is 9.88. The molecule has 11 nitrogen and oxygen atoms in total. The van der Waals surface area contributed by atoms with Crippen LogP contribution in [0.5, 0.6) is 5.75 Å². The Morgan fingerprint density at radius 1 is 0.776 bits per heavy atom. The summed E-state index contributed by atoms with van der Waals surface area (Å²) in [6.45, 7) is 9.05. The van der Waals surface area contributed by atoms with Gasteiger partial charge in [0.1, 0.15) is 23.5 Å². The number of amides is 1. The number of nitrogens with one attached hydrogen (secondary N) is 1. The Morgan fingerprint density at radius 2 is 1.31 bits per heavy atom. The van der Waals surface area contributed by atoms with E-state index in [1.807, 2.05) is 0 Å². The fourth-order valence-corrected chi connectivity index (χ4v) is 8.67. The second-order valence-corrected chi connectivity index (χ2v) is 16.0. The fourth-order valence-electron chi connectivity index (χ4n) is 4.91. The van der Waals surface area contributed by atoms with Crippen molar-refractivity contribution >= 4 is 42.8 Å². The first-order chi connectivity index (χ1) is 23.1. The van der Waals surface area contributed by atoms with Gasteiger partial charge in [-0.25, -0.2) is 26.4 Å². The number of benzene rings is 4. The Morgan fingerprint density at radius 3 is 1.84 bits per heavy atom. The molecular weight excluding hydrogens is 669 g/mol. The summed E-state index contributed by atoms with van der Waals surface area (Å²) in [6, 6.07) is 23.7. The minimum Gasteiger partial charge on any atom is -0.492 e. The van der Waals surface area contributed by atoms with E-state index in [0.717, 1.165) is 11.1 Å². The number of anilines is 1. The van der Waals surface area contributed by atoms with E-state index in [2.05, 4.69) is 5.32 Å². The highest BCUT2D eigenvalue weighted by molar-refractivity contribution is 8.10. The highest BCUT2D eigenvalue weighted by Gasteiger charge is 2.41. The number of fused-ring (bicyclic) bond motifs is 1. The zero-order chi connectivity index (χ0) is 35.6. The number of rotatable bonds is 10. The summed E-state index contributed by atoms with van der Waals surface area (Å²) < 4.78 is 75.1. The van der Waals surface area contributed by atoms with E-state index < -0.39 is 37.4 Å². The first kappa shape index (κ1) is 35.2. The van der Waals surface area contributed by atoms with Crippen molar-refractivity contribution in [1.29, 1.82) is 0 Å². The molecule has 1 aromatic heterocycles. The molecule has 13 heteroatoms. The maximum Gasteiger partial charge on any atom is 0.407 e. The lowest BCUT2D eigenvalue weighted by Crippen LogP contribution is -2.38. The van der Waals surface area contributed by atoms with Gasteiger partial charge in [0.15, 0.2) is 0 Å². The van der Waals surface area contributed by atoms with Crippen LogP contribution in [0.2, 0.25) is 0 Å². The zero-order valence-corrected chi connectivity index (χ0v) is 29.2. The topological polar surface area (TPSA) is 149 Å². The predicted molar refractivity (Wildman–Crippen MR) is 187 cm³/mol. The van der Waals surface area contributed by atoms with Gasteiger partial charge >= 0.3 is 11.7 Å². The first-order valence-corrected chi connectivity index (χ1v) is 18.2. The lowest BCUT2D eigenvalue weighted by molar-refractivity contribution is 0.0520. The third kappa shape index (κ3) is 7.79. The van der Waals surface area contributed by atoms with Crippen molar-refractivity contribution in [2.75, 3.05) is 16.9 Å². The summed E-state index contributed by atoms with van der Waals surface area (Å²) in [5.41, 5.74) is -0.575.